The molecule has 0 saturated heterocycles. The molecule has 1 aliphatic rings. The number of hydrogen-bond donors (Lipinski definition) is 1. The van der Waals surface area contributed by atoms with Crippen LogP contribution >= 0.6 is 7.91 Å². The molecule has 0 aliphatic heterocycles. The predicted octanol–water partition coefficient (Wildman–Crippen LogP) is 3.43. The Hall–Kier alpha value is 0.0800. The van der Waals surface area contributed by atoms with Crippen molar-refractivity contribution >= 4 is 7.91 Å². The second kappa shape index (κ2) is 4.30. The Bertz CT molecular complexity index is 230. The SMILES string of the molecule is CC(C)(OP(=O)(O)F)C1CCCCC1. The van der Waals surface area contributed by atoms with Crippen molar-refractivity contribution in [2.75, 3.05) is 0 Å². The fourth-order valence-electron chi connectivity index (χ4n) is 2.16. The molecule has 3 nitrogen and oxygen atoms in total. The van der Waals surface area contributed by atoms with E-state index >= 15 is 0 Å². The van der Waals surface area contributed by atoms with Gasteiger partial charge in [0.2, 0.25) is 0 Å². The molecule has 1 fully saturated rings. The minimum atomic E-state index is -4.85. The Morgan fingerprint density at radius 3 is 2.29 bits per heavy atom. The van der Waals surface area contributed by atoms with Crippen molar-refractivity contribution < 1.29 is 18.2 Å². The van der Waals surface area contributed by atoms with Crippen LogP contribution < -0.4 is 0 Å². The molecular formula is C9H18FO3P. The normalized spacial score (nSPS) is 24.6. The van der Waals surface area contributed by atoms with Gasteiger partial charge >= 0.3 is 7.91 Å². The van der Waals surface area contributed by atoms with Crippen molar-refractivity contribution in [3.8, 4) is 0 Å². The standard InChI is InChI=1S/C9H18FO3P/c1-9(2,13-14(10,11)12)8-6-4-3-5-7-8/h8H,3-7H2,1-2H3,(H,11,12). The molecule has 84 valence electrons. The maximum Gasteiger partial charge on any atom is 0.511 e. The lowest BCUT2D eigenvalue weighted by molar-refractivity contribution is 0.00708. The highest BCUT2D eigenvalue weighted by Gasteiger charge is 2.37. The zero-order chi connectivity index (χ0) is 10.8. The Morgan fingerprint density at radius 1 is 1.36 bits per heavy atom. The van der Waals surface area contributed by atoms with E-state index < -0.39 is 13.5 Å². The largest absolute Gasteiger partial charge is 0.511 e. The fraction of sp³-hybridized carbons (Fsp3) is 1.00. The van der Waals surface area contributed by atoms with Gasteiger partial charge in [-0.3, -0.25) is 9.42 Å². The summed E-state index contributed by atoms with van der Waals surface area (Å²) in [4.78, 5) is 8.55. The van der Waals surface area contributed by atoms with Crippen LogP contribution in [0.2, 0.25) is 0 Å². The minimum absolute atomic E-state index is 0.187. The first-order chi connectivity index (χ1) is 6.31. The second-order valence-corrected chi connectivity index (χ2v) is 5.57. The molecule has 0 radical (unpaired) electrons. The first-order valence-electron chi connectivity index (χ1n) is 5.04. The summed E-state index contributed by atoms with van der Waals surface area (Å²) in [5.41, 5.74) is -0.834. The summed E-state index contributed by atoms with van der Waals surface area (Å²) in [5, 5.41) is 0. The van der Waals surface area contributed by atoms with Crippen molar-refractivity contribution in [3.63, 3.8) is 0 Å². The van der Waals surface area contributed by atoms with Gasteiger partial charge in [-0.2, -0.15) is 0 Å². The summed E-state index contributed by atoms with van der Waals surface area (Å²) in [6.45, 7) is 3.37. The molecule has 1 N–H and O–H groups in total. The van der Waals surface area contributed by atoms with Gasteiger partial charge in [-0.05, 0) is 32.6 Å². The van der Waals surface area contributed by atoms with E-state index in [1.54, 1.807) is 13.8 Å². The molecule has 1 rings (SSSR count). The molecule has 14 heavy (non-hydrogen) atoms. The van der Waals surface area contributed by atoms with E-state index in [1.807, 2.05) is 0 Å². The first-order valence-corrected chi connectivity index (χ1v) is 6.51. The quantitative estimate of drug-likeness (QED) is 0.747. The van der Waals surface area contributed by atoms with Crippen molar-refractivity contribution in [2.45, 2.75) is 51.6 Å². The van der Waals surface area contributed by atoms with Crippen molar-refractivity contribution in [3.05, 3.63) is 0 Å². The zero-order valence-electron chi connectivity index (χ0n) is 8.70. The van der Waals surface area contributed by atoms with E-state index in [1.165, 1.54) is 6.42 Å². The Morgan fingerprint density at radius 2 is 1.86 bits per heavy atom. The lowest BCUT2D eigenvalue weighted by Gasteiger charge is -2.36. The highest BCUT2D eigenvalue weighted by Crippen LogP contribution is 2.51. The van der Waals surface area contributed by atoms with Crippen LogP contribution in [0.3, 0.4) is 0 Å². The summed E-state index contributed by atoms with van der Waals surface area (Å²) < 4.78 is 27.7. The van der Waals surface area contributed by atoms with Crippen LogP contribution in [0, 0.1) is 5.92 Å². The first kappa shape index (κ1) is 12.2. The van der Waals surface area contributed by atoms with E-state index in [0.29, 0.717) is 0 Å². The van der Waals surface area contributed by atoms with Crippen LogP contribution in [-0.2, 0) is 9.09 Å². The van der Waals surface area contributed by atoms with Gasteiger partial charge < -0.3 is 0 Å². The van der Waals surface area contributed by atoms with Crippen molar-refractivity contribution in [2.24, 2.45) is 5.92 Å². The summed E-state index contributed by atoms with van der Waals surface area (Å²) >= 11 is 0. The van der Waals surface area contributed by atoms with Gasteiger partial charge in [0, 0.05) is 0 Å². The summed E-state index contributed by atoms with van der Waals surface area (Å²) in [5.74, 6) is 0.187. The number of halogens is 1. The molecule has 1 unspecified atom stereocenters. The molecule has 0 bridgehead atoms. The Kier molecular flexibility index (Phi) is 3.73. The lowest BCUT2D eigenvalue weighted by atomic mass is 9.79. The van der Waals surface area contributed by atoms with Gasteiger partial charge in [-0.15, -0.1) is 4.20 Å². The Labute approximate surface area is 84.3 Å². The van der Waals surface area contributed by atoms with Gasteiger partial charge in [0.15, 0.2) is 0 Å². The van der Waals surface area contributed by atoms with Crippen LogP contribution in [0.4, 0.5) is 4.20 Å². The summed E-state index contributed by atoms with van der Waals surface area (Å²) in [6.07, 6.45) is 5.29. The van der Waals surface area contributed by atoms with Crippen LogP contribution in [0.1, 0.15) is 46.0 Å². The van der Waals surface area contributed by atoms with Gasteiger partial charge in [0.25, 0.3) is 0 Å². The zero-order valence-corrected chi connectivity index (χ0v) is 9.60. The maximum absolute atomic E-state index is 12.5. The van der Waals surface area contributed by atoms with Gasteiger partial charge in [-0.1, -0.05) is 19.3 Å². The smallest absolute Gasteiger partial charge is 0.299 e. The monoisotopic (exact) mass is 224 g/mol. The molecular weight excluding hydrogens is 206 g/mol. The molecule has 0 amide bonds. The highest BCUT2D eigenvalue weighted by atomic mass is 31.2. The second-order valence-electron chi connectivity index (χ2n) is 4.48. The van der Waals surface area contributed by atoms with Gasteiger partial charge in [-0.25, -0.2) is 4.57 Å². The van der Waals surface area contributed by atoms with Gasteiger partial charge in [0.1, 0.15) is 0 Å². The number of hydrogen-bond acceptors (Lipinski definition) is 2. The fourth-order valence-corrected chi connectivity index (χ4v) is 2.89. The average molecular weight is 224 g/mol. The van der Waals surface area contributed by atoms with Crippen LogP contribution in [-0.4, -0.2) is 10.5 Å². The predicted molar refractivity (Wildman–Crippen MR) is 52.7 cm³/mol. The van der Waals surface area contributed by atoms with Crippen LogP contribution in [0.5, 0.6) is 0 Å². The topological polar surface area (TPSA) is 46.5 Å². The molecule has 0 aromatic carbocycles. The highest BCUT2D eigenvalue weighted by molar-refractivity contribution is 7.47. The molecule has 0 spiro atoms. The molecule has 5 heteroatoms. The lowest BCUT2D eigenvalue weighted by Crippen LogP contribution is -2.34. The van der Waals surface area contributed by atoms with Crippen LogP contribution in [0.15, 0.2) is 0 Å². The molecule has 0 aromatic heterocycles. The molecule has 0 heterocycles. The third-order valence-electron chi connectivity index (χ3n) is 2.94. The third-order valence-corrected chi connectivity index (χ3v) is 3.63. The van der Waals surface area contributed by atoms with Crippen molar-refractivity contribution in [1.82, 2.24) is 0 Å². The molecule has 1 atom stereocenters. The minimum Gasteiger partial charge on any atom is -0.299 e. The summed E-state index contributed by atoms with van der Waals surface area (Å²) in [6, 6.07) is 0. The molecule has 1 saturated carbocycles. The van der Waals surface area contributed by atoms with E-state index in [9.17, 15) is 8.76 Å². The maximum atomic E-state index is 12.5. The molecule has 1 aliphatic carbocycles. The van der Waals surface area contributed by atoms with E-state index in [0.717, 1.165) is 25.7 Å². The molecule has 0 aromatic rings. The van der Waals surface area contributed by atoms with E-state index in [2.05, 4.69) is 4.52 Å². The van der Waals surface area contributed by atoms with E-state index in [4.69, 9.17) is 4.89 Å². The third kappa shape index (κ3) is 3.68. The van der Waals surface area contributed by atoms with Crippen molar-refractivity contribution in [1.29, 1.82) is 0 Å². The average Bonchev–Trinajstić information content (AvgIpc) is 2.01. The van der Waals surface area contributed by atoms with E-state index in [-0.39, 0.29) is 5.92 Å². The van der Waals surface area contributed by atoms with Crippen LogP contribution in [0.25, 0.3) is 0 Å². The van der Waals surface area contributed by atoms with Gasteiger partial charge in [0.05, 0.1) is 5.60 Å². The Balaban J connectivity index is 2.58. The summed E-state index contributed by atoms with van der Waals surface area (Å²) in [7, 11) is -4.85. The number of rotatable bonds is 3.